The van der Waals surface area contributed by atoms with Crippen molar-refractivity contribution in [1.29, 1.82) is 0 Å². The number of hydrogen-bond donors (Lipinski definition) is 1. The molecule has 0 atom stereocenters. The topological polar surface area (TPSA) is 37.3 Å². The molecule has 0 aliphatic rings. The number of unbranched alkanes of at least 4 members (excludes halogenated alkanes) is 11. The lowest BCUT2D eigenvalue weighted by Crippen LogP contribution is -1.93. The summed E-state index contributed by atoms with van der Waals surface area (Å²) in [5.74, 6) is -0.664. The van der Waals surface area contributed by atoms with E-state index in [9.17, 15) is 18.0 Å². The second-order valence-corrected chi connectivity index (χ2v) is 9.87. The number of rotatable bonds is 15. The predicted octanol–water partition coefficient (Wildman–Crippen LogP) is 10.4. The average molecular weight is 541 g/mol. The second-order valence-electron chi connectivity index (χ2n) is 6.59. The minimum Gasteiger partial charge on any atom is -0.481 e. The minimum atomic E-state index is -3.56. The average Bonchev–Trinajstić information content (AvgIpc) is 2.55. The van der Waals surface area contributed by atoms with Gasteiger partial charge in [-0.1, -0.05) is 70.4 Å². The summed E-state index contributed by atoms with van der Waals surface area (Å²) >= 11 is 21.1. The smallest absolute Gasteiger partial charge is 0.401 e. The minimum absolute atomic E-state index is 0.332. The zero-order valence-corrected chi connectivity index (χ0v) is 21.2. The molecule has 30 heavy (non-hydrogen) atoms. The first-order valence-electron chi connectivity index (χ1n) is 10.2. The third kappa shape index (κ3) is 70.4. The largest absolute Gasteiger partial charge is 0.481 e. The molecule has 0 aromatic heterocycles. The van der Waals surface area contributed by atoms with Gasteiger partial charge in [-0.15, -0.1) is 0 Å². The van der Waals surface area contributed by atoms with Crippen LogP contribution in [0.25, 0.3) is 0 Å². The third-order valence-electron chi connectivity index (χ3n) is 3.65. The molecular formula is C20H34Cl5F3O2. The quantitative estimate of drug-likeness (QED) is 0.127. The maximum Gasteiger partial charge on any atom is 0.401 e. The van der Waals surface area contributed by atoms with E-state index in [1.165, 1.54) is 70.6 Å². The third-order valence-corrected chi connectivity index (χ3v) is 3.65. The number of carboxylic acid groups (broad SMARTS) is 1. The fourth-order valence-electron chi connectivity index (χ4n) is 2.35. The first-order chi connectivity index (χ1) is 13.8. The Hall–Kier alpha value is 0.450. The van der Waals surface area contributed by atoms with Crippen molar-refractivity contribution in [2.45, 2.75) is 106 Å². The highest BCUT2D eigenvalue weighted by molar-refractivity contribution is 6.66. The predicted molar refractivity (Wildman–Crippen MR) is 125 cm³/mol. The van der Waals surface area contributed by atoms with Crippen molar-refractivity contribution in [3.8, 4) is 0 Å². The summed E-state index contributed by atoms with van der Waals surface area (Å²) in [6, 6.07) is 0. The maximum atomic E-state index is 11.0. The van der Waals surface area contributed by atoms with Crippen LogP contribution in [0.5, 0.6) is 0 Å². The summed E-state index contributed by atoms with van der Waals surface area (Å²) in [7, 11) is 0. The molecule has 0 saturated heterocycles. The molecule has 0 aliphatic carbocycles. The lowest BCUT2D eigenvalue weighted by molar-refractivity contribution is -0.137. The van der Waals surface area contributed by atoms with Gasteiger partial charge in [0.25, 0.3) is 0 Å². The van der Waals surface area contributed by atoms with Gasteiger partial charge in [0.1, 0.15) is 0 Å². The maximum absolute atomic E-state index is 11.0. The SMILES string of the molecule is CCCCCCCC/C=C\CCCCCCCC(=O)O.FC(Cl)(Cl)Cl.FC(F)(Cl)Cl. The molecule has 0 heterocycles. The van der Waals surface area contributed by atoms with E-state index in [-0.39, 0.29) is 0 Å². The summed E-state index contributed by atoms with van der Waals surface area (Å²) in [5, 5.41) is 8.51. The lowest BCUT2D eigenvalue weighted by Gasteiger charge is -1.99. The van der Waals surface area contributed by atoms with Crippen LogP contribution in [-0.4, -0.2) is 20.0 Å². The fourth-order valence-corrected chi connectivity index (χ4v) is 2.35. The fraction of sp³-hybridized carbons (Fsp3) is 0.850. The highest BCUT2D eigenvalue weighted by Crippen LogP contribution is 2.26. The molecule has 0 spiro atoms. The normalized spacial score (nSPS) is 11.5. The summed E-state index contributed by atoms with van der Waals surface area (Å²) in [6.07, 6.45) is 21.2. The summed E-state index contributed by atoms with van der Waals surface area (Å²) in [5.41, 5.74) is 0. The van der Waals surface area contributed by atoms with Crippen LogP contribution < -0.4 is 0 Å². The first-order valence-corrected chi connectivity index (χ1v) is 12.0. The molecule has 10 heteroatoms. The Balaban J connectivity index is -0.000000599. The molecule has 0 aromatic carbocycles. The van der Waals surface area contributed by atoms with Gasteiger partial charge >= 0.3 is 14.9 Å². The van der Waals surface area contributed by atoms with Crippen molar-refractivity contribution < 1.29 is 23.1 Å². The standard InChI is InChI=1S/C18H34O2.CCl3F.CCl2F2/c1-2-3-4-5-6-7-8-9-10-11-12-13-14-15-16-17-18(19)20;2*2-1(3,4)5/h9-10H,2-8,11-17H2,1H3,(H,19,20);;/b10-9-;;. The molecule has 0 bridgehead atoms. The molecule has 0 rings (SSSR count). The summed E-state index contributed by atoms with van der Waals surface area (Å²) in [6.45, 7) is 2.26. The van der Waals surface area contributed by atoms with E-state index in [2.05, 4.69) is 77.1 Å². The van der Waals surface area contributed by atoms with Gasteiger partial charge in [-0.3, -0.25) is 4.79 Å². The molecule has 0 aliphatic heterocycles. The van der Waals surface area contributed by atoms with E-state index in [0.29, 0.717) is 6.42 Å². The van der Waals surface area contributed by atoms with Crippen molar-refractivity contribution in [3.63, 3.8) is 0 Å². The van der Waals surface area contributed by atoms with Crippen LogP contribution >= 0.6 is 58.0 Å². The Morgan fingerprint density at radius 1 is 0.733 bits per heavy atom. The van der Waals surface area contributed by atoms with E-state index >= 15 is 0 Å². The van der Waals surface area contributed by atoms with Crippen molar-refractivity contribution >= 4 is 64.0 Å². The molecule has 2 nitrogen and oxygen atoms in total. The zero-order chi connectivity index (χ0) is 23.9. The number of carboxylic acids is 1. The van der Waals surface area contributed by atoms with E-state index in [0.717, 1.165) is 12.8 Å². The Morgan fingerprint density at radius 2 is 1.03 bits per heavy atom. The Bertz CT molecular complexity index is 377. The monoisotopic (exact) mass is 538 g/mol. The number of hydrogen-bond acceptors (Lipinski definition) is 1. The number of allylic oxidation sites excluding steroid dienone is 2. The Kier molecular flexibility index (Phi) is 28.2. The zero-order valence-electron chi connectivity index (χ0n) is 17.4. The van der Waals surface area contributed by atoms with E-state index in [1.54, 1.807) is 0 Å². The van der Waals surface area contributed by atoms with Gasteiger partial charge in [-0.05, 0) is 90.1 Å². The van der Waals surface area contributed by atoms with Gasteiger partial charge in [0.05, 0.1) is 0 Å². The first kappa shape index (κ1) is 35.0. The molecule has 0 saturated carbocycles. The number of halogens is 8. The van der Waals surface area contributed by atoms with Crippen LogP contribution in [0.4, 0.5) is 13.2 Å². The van der Waals surface area contributed by atoms with Gasteiger partial charge in [0.15, 0.2) is 0 Å². The van der Waals surface area contributed by atoms with Gasteiger partial charge in [0.2, 0.25) is 0 Å². The van der Waals surface area contributed by atoms with Gasteiger partial charge in [-0.25, -0.2) is 0 Å². The Labute approximate surface area is 204 Å². The van der Waals surface area contributed by atoms with E-state index < -0.39 is 14.9 Å². The van der Waals surface area contributed by atoms with E-state index in [1.807, 2.05) is 0 Å². The van der Waals surface area contributed by atoms with Crippen molar-refractivity contribution in [3.05, 3.63) is 12.2 Å². The molecule has 1 N–H and O–H groups in total. The Morgan fingerprint density at radius 3 is 1.37 bits per heavy atom. The van der Waals surface area contributed by atoms with Crippen LogP contribution in [0.15, 0.2) is 12.2 Å². The van der Waals surface area contributed by atoms with Gasteiger partial charge in [0, 0.05) is 6.42 Å². The molecule has 0 radical (unpaired) electrons. The molecule has 0 unspecified atom stereocenters. The van der Waals surface area contributed by atoms with Crippen LogP contribution in [0.1, 0.15) is 96.8 Å². The van der Waals surface area contributed by atoms with Crippen LogP contribution in [-0.2, 0) is 4.79 Å². The van der Waals surface area contributed by atoms with Crippen molar-refractivity contribution in [2.24, 2.45) is 0 Å². The van der Waals surface area contributed by atoms with Crippen molar-refractivity contribution in [2.75, 3.05) is 0 Å². The molecule has 182 valence electrons. The highest BCUT2D eigenvalue weighted by atomic mass is 35.6. The van der Waals surface area contributed by atoms with Crippen LogP contribution in [0.3, 0.4) is 0 Å². The van der Waals surface area contributed by atoms with Gasteiger partial charge < -0.3 is 5.11 Å². The van der Waals surface area contributed by atoms with Gasteiger partial charge in [-0.2, -0.15) is 13.2 Å². The van der Waals surface area contributed by atoms with Crippen molar-refractivity contribution in [1.82, 2.24) is 0 Å². The summed E-state index contributed by atoms with van der Waals surface area (Å²) < 4.78 is 29.5. The second kappa shape index (κ2) is 24.1. The molecule has 0 amide bonds. The van der Waals surface area contributed by atoms with Crippen LogP contribution in [0.2, 0.25) is 0 Å². The lowest BCUT2D eigenvalue weighted by atomic mass is 10.1. The molecule has 0 aromatic rings. The number of carbonyl (C=O) groups is 1. The molecule has 0 fully saturated rings. The van der Waals surface area contributed by atoms with Crippen LogP contribution in [0, 0.1) is 0 Å². The molecular weight excluding hydrogens is 506 g/mol. The summed E-state index contributed by atoms with van der Waals surface area (Å²) in [4.78, 5) is 6.77. The highest BCUT2D eigenvalue weighted by Gasteiger charge is 2.17. The number of aliphatic carboxylic acids is 1. The number of alkyl halides is 8. The van der Waals surface area contributed by atoms with E-state index in [4.69, 9.17) is 5.11 Å².